The number of β-lactam (4-membered cyclic amide) rings is 1. The number of urea groups is 1. The Hall–Kier alpha value is -7.12. The van der Waals surface area contributed by atoms with Crippen molar-refractivity contribution in [1.82, 2.24) is 25.8 Å². The molecule has 7 N–H and O–H groups in total. The molecule has 17 nitrogen and oxygen atoms in total. The number of nitrogens with two attached hydrogens (primary N) is 1. The van der Waals surface area contributed by atoms with Gasteiger partial charge in [0.15, 0.2) is 0 Å². The van der Waals surface area contributed by atoms with Crippen molar-refractivity contribution in [2.45, 2.75) is 90.3 Å². The molecule has 1 aliphatic heterocycles. The third-order valence-electron chi connectivity index (χ3n) is 11.8. The summed E-state index contributed by atoms with van der Waals surface area (Å²) >= 11 is 0. The lowest BCUT2D eigenvalue weighted by molar-refractivity contribution is -0.131. The number of nitrogens with zero attached hydrogens (tertiary/aromatic N) is 3. The number of ether oxygens (including phenoxy) is 2. The van der Waals surface area contributed by atoms with Gasteiger partial charge in [0.1, 0.15) is 30.0 Å². The first-order valence-corrected chi connectivity index (χ1v) is 23.2. The number of nitrogens with one attached hydrogen (secondary N) is 4. The van der Waals surface area contributed by atoms with Crippen LogP contribution in [0.4, 0.5) is 34.5 Å². The molecular weight excluding hydrogens is 907 g/mol. The lowest BCUT2D eigenvalue weighted by Crippen LogP contribution is -2.55. The van der Waals surface area contributed by atoms with Crippen molar-refractivity contribution in [2.24, 2.45) is 17.6 Å². The first-order chi connectivity index (χ1) is 33.3. The van der Waals surface area contributed by atoms with E-state index >= 15 is 0 Å². The van der Waals surface area contributed by atoms with Crippen molar-refractivity contribution in [2.75, 3.05) is 43.9 Å². The number of aliphatic hydroxyl groups is 1. The van der Waals surface area contributed by atoms with Crippen LogP contribution in [0.15, 0.2) is 97.1 Å². The summed E-state index contributed by atoms with van der Waals surface area (Å²) in [5, 5.41) is 22.2. The Kier molecular flexibility index (Phi) is 19.6. The molecule has 1 saturated heterocycles. The van der Waals surface area contributed by atoms with Crippen LogP contribution in [0.2, 0.25) is 0 Å². The van der Waals surface area contributed by atoms with Crippen molar-refractivity contribution >= 4 is 47.3 Å². The Bertz CT molecular complexity index is 2390. The standard InChI is InChI=1S/C51H64F2N8O9/c1-31(2)44(56-32(3)4)47(64)58-42(8-7-27-55-49(54)66)46(63)57-38-19-9-33(10-20-38)30-69-50(67)59(5)28-29-60(6)51(68)70-40-23-13-35(14-24-40)45-41(25-26-43(62)34-11-15-36(52)16-12-34)48(65)61(45)39-21-17-37(53)18-22-39/h9-24,31-32,41-45,56,62H,7-8,25-30H2,1-6H3,(H,57,63)(H,58,64)(H3,54,55,66)/t41-,42+,43+,44+,45-/m1/s1. The SMILES string of the molecule is CC(C)N[C@H](C(=O)N[C@@H](CCCNC(N)=O)C(=O)Nc1ccc(COC(=O)N(C)CCN(C)C(=O)Oc2ccc([C@@H]3[C@@H](CC[C@H](O)c4ccc(F)cc4)C(=O)N3c3ccc(F)cc3)cc2)cc1)C(C)C. The number of likely N-dealkylation sites (N-methyl/N-ethyl adjacent to an activating group) is 2. The summed E-state index contributed by atoms with van der Waals surface area (Å²) in [5.41, 5.74) is 8.02. The van der Waals surface area contributed by atoms with Crippen LogP contribution < -0.4 is 36.6 Å². The number of amides is 7. The molecular formula is C51H64F2N8O9. The van der Waals surface area contributed by atoms with Crippen LogP contribution in [0, 0.1) is 23.5 Å². The number of aliphatic hydroxyl groups excluding tert-OH is 1. The van der Waals surface area contributed by atoms with E-state index in [4.69, 9.17) is 15.2 Å². The van der Waals surface area contributed by atoms with E-state index in [1.165, 1.54) is 72.4 Å². The number of carbonyl (C=O) groups is 6. The largest absolute Gasteiger partial charge is 0.445 e. The molecule has 0 radical (unpaired) electrons. The average Bonchev–Trinajstić information content (AvgIpc) is 3.32. The van der Waals surface area contributed by atoms with Gasteiger partial charge in [-0.15, -0.1) is 0 Å². The van der Waals surface area contributed by atoms with Crippen molar-refractivity contribution < 1.29 is 52.1 Å². The van der Waals surface area contributed by atoms with Crippen LogP contribution in [-0.2, 0) is 25.7 Å². The number of carbonyl (C=O) groups excluding carboxylic acids is 6. The fraction of sp³-hybridized carbons (Fsp3) is 0.412. The molecule has 7 amide bonds. The van der Waals surface area contributed by atoms with Gasteiger partial charge in [-0.3, -0.25) is 14.4 Å². The van der Waals surface area contributed by atoms with Gasteiger partial charge in [0.25, 0.3) is 0 Å². The molecule has 5 atom stereocenters. The molecule has 4 aromatic rings. The predicted molar refractivity (Wildman–Crippen MR) is 259 cm³/mol. The maximum atomic E-state index is 13.8. The zero-order chi connectivity index (χ0) is 51.1. The molecule has 70 heavy (non-hydrogen) atoms. The first kappa shape index (κ1) is 53.8. The van der Waals surface area contributed by atoms with Crippen molar-refractivity contribution in [3.8, 4) is 5.75 Å². The quantitative estimate of drug-likeness (QED) is 0.0338. The lowest BCUT2D eigenvalue weighted by atomic mass is 9.78. The van der Waals surface area contributed by atoms with Gasteiger partial charge < -0.3 is 56.3 Å². The lowest BCUT2D eigenvalue weighted by Gasteiger charge is -2.48. The molecule has 0 aromatic heterocycles. The van der Waals surface area contributed by atoms with Gasteiger partial charge in [0.05, 0.1) is 24.1 Å². The number of hydrogen-bond donors (Lipinski definition) is 6. The van der Waals surface area contributed by atoms with Crippen molar-refractivity contribution in [3.63, 3.8) is 0 Å². The topological polar surface area (TPSA) is 225 Å². The minimum atomic E-state index is -0.913. The Morgan fingerprint density at radius 2 is 1.39 bits per heavy atom. The summed E-state index contributed by atoms with van der Waals surface area (Å²) in [5.74, 6) is -2.16. The van der Waals surface area contributed by atoms with E-state index in [2.05, 4.69) is 21.3 Å². The van der Waals surface area contributed by atoms with E-state index in [1.807, 2.05) is 27.7 Å². The summed E-state index contributed by atoms with van der Waals surface area (Å²) < 4.78 is 38.3. The van der Waals surface area contributed by atoms with E-state index in [9.17, 15) is 42.7 Å². The highest BCUT2D eigenvalue weighted by molar-refractivity contribution is 6.03. The predicted octanol–water partition coefficient (Wildman–Crippen LogP) is 6.78. The fourth-order valence-electron chi connectivity index (χ4n) is 7.83. The number of anilines is 2. The van der Waals surface area contributed by atoms with Crippen LogP contribution in [0.5, 0.6) is 5.75 Å². The molecule has 0 spiro atoms. The zero-order valence-electron chi connectivity index (χ0n) is 40.3. The maximum Gasteiger partial charge on any atom is 0.415 e. The molecule has 1 fully saturated rings. The fourth-order valence-corrected chi connectivity index (χ4v) is 7.83. The van der Waals surface area contributed by atoms with Crippen molar-refractivity contribution in [3.05, 3.63) is 125 Å². The smallest absolute Gasteiger partial charge is 0.415 e. The second-order valence-corrected chi connectivity index (χ2v) is 17.9. The molecule has 1 aliphatic rings. The van der Waals surface area contributed by atoms with Gasteiger partial charge in [-0.1, -0.05) is 64.1 Å². The van der Waals surface area contributed by atoms with E-state index in [-0.39, 0.29) is 68.6 Å². The Morgan fingerprint density at radius 1 is 0.786 bits per heavy atom. The van der Waals surface area contributed by atoms with Gasteiger partial charge in [-0.25, -0.2) is 23.2 Å². The molecule has 0 aliphatic carbocycles. The number of halogens is 2. The number of hydrogen-bond acceptors (Lipinski definition) is 10. The Labute approximate surface area is 407 Å². The van der Waals surface area contributed by atoms with Crippen LogP contribution in [-0.4, -0.2) is 103 Å². The first-order valence-electron chi connectivity index (χ1n) is 23.2. The molecule has 0 bridgehead atoms. The summed E-state index contributed by atoms with van der Waals surface area (Å²) in [6, 6.07) is 21.9. The van der Waals surface area contributed by atoms with E-state index in [1.54, 1.807) is 53.4 Å². The highest BCUT2D eigenvalue weighted by Crippen LogP contribution is 2.46. The normalized spacial score (nSPS) is 15.6. The molecule has 0 saturated carbocycles. The molecule has 0 unspecified atom stereocenters. The Balaban J connectivity index is 1.09. The van der Waals surface area contributed by atoms with Crippen LogP contribution in [0.1, 0.15) is 82.2 Å². The minimum Gasteiger partial charge on any atom is -0.445 e. The molecule has 5 rings (SSSR count). The van der Waals surface area contributed by atoms with Gasteiger partial charge in [0, 0.05) is 51.1 Å². The minimum absolute atomic E-state index is 0.0340. The second kappa shape index (κ2) is 25.5. The van der Waals surface area contributed by atoms with Gasteiger partial charge in [0.2, 0.25) is 17.7 Å². The monoisotopic (exact) mass is 970 g/mol. The van der Waals surface area contributed by atoms with Crippen LogP contribution in [0.25, 0.3) is 0 Å². The number of rotatable bonds is 23. The maximum absolute atomic E-state index is 13.8. The van der Waals surface area contributed by atoms with Gasteiger partial charge in [-0.2, -0.15) is 0 Å². The van der Waals surface area contributed by atoms with E-state index in [0.29, 0.717) is 35.3 Å². The highest BCUT2D eigenvalue weighted by Gasteiger charge is 2.48. The summed E-state index contributed by atoms with van der Waals surface area (Å²) in [7, 11) is 3.04. The summed E-state index contributed by atoms with van der Waals surface area (Å²) in [6.45, 7) is 8.04. The van der Waals surface area contributed by atoms with Crippen LogP contribution >= 0.6 is 0 Å². The third kappa shape index (κ3) is 15.4. The molecule has 4 aromatic carbocycles. The van der Waals surface area contributed by atoms with Crippen molar-refractivity contribution in [1.29, 1.82) is 0 Å². The molecule has 19 heteroatoms. The summed E-state index contributed by atoms with van der Waals surface area (Å²) in [4.78, 5) is 81.4. The number of benzene rings is 4. The van der Waals surface area contributed by atoms with Gasteiger partial charge in [-0.05, 0) is 109 Å². The molecule has 1 heterocycles. The Morgan fingerprint density at radius 3 is 1.97 bits per heavy atom. The summed E-state index contributed by atoms with van der Waals surface area (Å²) in [6.07, 6.45) is -1.06. The van der Waals surface area contributed by atoms with E-state index in [0.717, 1.165) is 5.56 Å². The average molecular weight is 971 g/mol. The molecule has 376 valence electrons. The number of primary amides is 1. The van der Waals surface area contributed by atoms with Crippen LogP contribution in [0.3, 0.4) is 0 Å². The third-order valence-corrected chi connectivity index (χ3v) is 11.8. The zero-order valence-corrected chi connectivity index (χ0v) is 40.3. The second-order valence-electron chi connectivity index (χ2n) is 17.9. The highest BCUT2D eigenvalue weighted by atomic mass is 19.1. The van der Waals surface area contributed by atoms with E-state index < -0.39 is 65.9 Å². The van der Waals surface area contributed by atoms with Gasteiger partial charge >= 0.3 is 18.2 Å².